The highest BCUT2D eigenvalue weighted by Gasteiger charge is 2.24. The monoisotopic (exact) mass is 343 g/mol. The lowest BCUT2D eigenvalue weighted by Crippen LogP contribution is -2.25. The molecule has 1 aromatic carbocycles. The molecule has 0 spiro atoms. The lowest BCUT2D eigenvalue weighted by Gasteiger charge is -2.15. The first-order chi connectivity index (χ1) is 10.3. The number of nitrogens with zero attached hydrogens (tertiary/aromatic N) is 2. The number of sulfonamides is 1. The Balaban J connectivity index is 2.18. The molecule has 9 heteroatoms. The molecule has 1 heterocycles. The Morgan fingerprint density at radius 3 is 2.82 bits per heavy atom. The molecule has 0 unspecified atom stereocenters. The average molecular weight is 343 g/mol. The number of rotatable bonds is 5. The van der Waals surface area contributed by atoms with E-state index >= 15 is 0 Å². The number of anilines is 1. The summed E-state index contributed by atoms with van der Waals surface area (Å²) in [5.74, 6) is -0.750. The average Bonchev–Trinajstić information content (AvgIpc) is 2.87. The molecule has 1 aromatic heterocycles. The van der Waals surface area contributed by atoms with Crippen molar-refractivity contribution < 1.29 is 17.6 Å². The van der Waals surface area contributed by atoms with E-state index in [0.29, 0.717) is 5.56 Å². The van der Waals surface area contributed by atoms with Crippen molar-refractivity contribution in [1.29, 1.82) is 0 Å². The maximum atomic E-state index is 13.1. The summed E-state index contributed by atoms with van der Waals surface area (Å²) in [6.07, 6.45) is 1.19. The summed E-state index contributed by atoms with van der Waals surface area (Å²) in [6, 6.07) is 5.74. The number of nitrogens with one attached hydrogen (secondary N) is 1. The number of benzene rings is 1. The minimum Gasteiger partial charge on any atom is -0.302 e. The number of halogens is 1. The minimum absolute atomic E-state index is 0.00940. The van der Waals surface area contributed by atoms with Gasteiger partial charge in [0.1, 0.15) is 5.82 Å². The van der Waals surface area contributed by atoms with E-state index < -0.39 is 15.8 Å². The minimum atomic E-state index is -3.75. The highest BCUT2D eigenvalue weighted by atomic mass is 32.2. The van der Waals surface area contributed by atoms with Crippen molar-refractivity contribution in [2.75, 3.05) is 12.4 Å². The van der Waals surface area contributed by atoms with Crippen LogP contribution in [0, 0.1) is 5.82 Å². The lowest BCUT2D eigenvalue weighted by molar-refractivity contribution is -0.114. The SMILES string of the molecule is CC(=O)Nc1ncc(S(=O)(=O)N(C)Cc2cccc(F)c2)s1. The number of amides is 1. The standard InChI is InChI=1S/C13H14FN3O3S2/c1-9(18)16-13-15-7-12(21-13)22(19,20)17(2)8-10-4-3-5-11(14)6-10/h3-7H,8H2,1-2H3,(H,15,16,18). The van der Waals surface area contributed by atoms with Gasteiger partial charge in [-0.2, -0.15) is 4.31 Å². The van der Waals surface area contributed by atoms with Gasteiger partial charge in [-0.3, -0.25) is 4.79 Å². The van der Waals surface area contributed by atoms with Crippen molar-refractivity contribution in [2.45, 2.75) is 17.7 Å². The molecular formula is C13H14FN3O3S2. The Morgan fingerprint density at radius 1 is 1.45 bits per heavy atom. The van der Waals surface area contributed by atoms with Gasteiger partial charge in [-0.05, 0) is 17.7 Å². The second kappa shape index (κ2) is 6.51. The second-order valence-electron chi connectivity index (χ2n) is 4.56. The smallest absolute Gasteiger partial charge is 0.254 e. The van der Waals surface area contributed by atoms with Crippen molar-refractivity contribution >= 4 is 32.4 Å². The van der Waals surface area contributed by atoms with Gasteiger partial charge < -0.3 is 5.32 Å². The fraction of sp³-hybridized carbons (Fsp3) is 0.231. The van der Waals surface area contributed by atoms with E-state index in [1.807, 2.05) is 0 Å². The number of hydrogen-bond acceptors (Lipinski definition) is 5. The van der Waals surface area contributed by atoms with Crippen LogP contribution in [0.1, 0.15) is 12.5 Å². The quantitative estimate of drug-likeness (QED) is 0.901. The van der Waals surface area contributed by atoms with E-state index in [4.69, 9.17) is 0 Å². The Kier molecular flexibility index (Phi) is 4.89. The first-order valence-electron chi connectivity index (χ1n) is 6.23. The van der Waals surface area contributed by atoms with Crippen LogP contribution in [-0.4, -0.2) is 30.7 Å². The zero-order valence-electron chi connectivity index (χ0n) is 11.9. The first kappa shape index (κ1) is 16.5. The van der Waals surface area contributed by atoms with Crippen LogP contribution in [0.4, 0.5) is 9.52 Å². The molecule has 1 amide bonds. The molecule has 0 saturated carbocycles. The van der Waals surface area contributed by atoms with Crippen LogP contribution in [0.15, 0.2) is 34.7 Å². The maximum absolute atomic E-state index is 13.1. The van der Waals surface area contributed by atoms with Gasteiger partial charge in [-0.25, -0.2) is 17.8 Å². The van der Waals surface area contributed by atoms with Crippen molar-refractivity contribution in [3.05, 3.63) is 41.8 Å². The van der Waals surface area contributed by atoms with Gasteiger partial charge in [0.25, 0.3) is 10.0 Å². The molecule has 1 N–H and O–H groups in total. The fourth-order valence-corrected chi connectivity index (χ4v) is 4.17. The summed E-state index contributed by atoms with van der Waals surface area (Å²) in [6.45, 7) is 1.35. The Labute approximate surface area is 131 Å². The summed E-state index contributed by atoms with van der Waals surface area (Å²) >= 11 is 0.863. The van der Waals surface area contributed by atoms with Crippen LogP contribution < -0.4 is 5.32 Å². The number of carbonyl (C=O) groups excluding carboxylic acids is 1. The lowest BCUT2D eigenvalue weighted by atomic mass is 10.2. The number of aromatic nitrogens is 1. The number of thiazole rings is 1. The van der Waals surface area contributed by atoms with Gasteiger partial charge in [-0.1, -0.05) is 23.5 Å². The number of hydrogen-bond donors (Lipinski definition) is 1. The predicted molar refractivity (Wildman–Crippen MR) is 81.5 cm³/mol. The van der Waals surface area contributed by atoms with E-state index in [0.717, 1.165) is 15.6 Å². The van der Waals surface area contributed by atoms with E-state index in [1.54, 1.807) is 6.07 Å². The molecule has 0 aliphatic heterocycles. The van der Waals surface area contributed by atoms with E-state index in [-0.39, 0.29) is 21.8 Å². The fourth-order valence-electron chi connectivity index (χ4n) is 1.72. The molecule has 0 fully saturated rings. The van der Waals surface area contributed by atoms with Crippen LogP contribution >= 0.6 is 11.3 Å². The summed E-state index contributed by atoms with van der Waals surface area (Å²) in [5, 5.41) is 2.64. The summed E-state index contributed by atoms with van der Waals surface area (Å²) < 4.78 is 39.1. The van der Waals surface area contributed by atoms with Crippen molar-refractivity contribution in [3.8, 4) is 0 Å². The number of carbonyl (C=O) groups is 1. The Bertz CT molecular complexity index is 789. The molecule has 0 radical (unpaired) electrons. The molecule has 2 aromatic rings. The first-order valence-corrected chi connectivity index (χ1v) is 8.49. The third kappa shape index (κ3) is 3.87. The molecule has 0 aliphatic rings. The van der Waals surface area contributed by atoms with Crippen LogP contribution in [-0.2, 0) is 21.4 Å². The highest BCUT2D eigenvalue weighted by Crippen LogP contribution is 2.26. The van der Waals surface area contributed by atoms with E-state index in [2.05, 4.69) is 10.3 Å². The summed E-state index contributed by atoms with van der Waals surface area (Å²) in [5.41, 5.74) is 0.540. The molecule has 0 saturated heterocycles. The van der Waals surface area contributed by atoms with Gasteiger partial charge in [0.15, 0.2) is 9.34 Å². The summed E-state index contributed by atoms with van der Waals surface area (Å²) in [4.78, 5) is 14.8. The third-order valence-electron chi connectivity index (χ3n) is 2.73. The van der Waals surface area contributed by atoms with Crippen LogP contribution in [0.25, 0.3) is 0 Å². The third-order valence-corrected chi connectivity index (χ3v) is 5.88. The Hall–Kier alpha value is -1.84. The summed E-state index contributed by atoms with van der Waals surface area (Å²) in [7, 11) is -2.35. The zero-order valence-corrected chi connectivity index (χ0v) is 13.5. The molecule has 0 aliphatic carbocycles. The molecule has 6 nitrogen and oxygen atoms in total. The molecule has 0 bridgehead atoms. The van der Waals surface area contributed by atoms with Gasteiger partial charge in [0, 0.05) is 20.5 Å². The molecule has 118 valence electrons. The van der Waals surface area contributed by atoms with E-state index in [1.165, 1.54) is 38.4 Å². The topological polar surface area (TPSA) is 79.4 Å². The highest BCUT2D eigenvalue weighted by molar-refractivity contribution is 7.91. The Morgan fingerprint density at radius 2 is 2.18 bits per heavy atom. The van der Waals surface area contributed by atoms with Crippen LogP contribution in [0.3, 0.4) is 0 Å². The maximum Gasteiger partial charge on any atom is 0.254 e. The molecular weight excluding hydrogens is 329 g/mol. The van der Waals surface area contributed by atoms with Crippen molar-refractivity contribution in [3.63, 3.8) is 0 Å². The van der Waals surface area contributed by atoms with E-state index in [9.17, 15) is 17.6 Å². The van der Waals surface area contributed by atoms with Gasteiger partial charge in [0.2, 0.25) is 5.91 Å². The molecule has 0 atom stereocenters. The molecule has 22 heavy (non-hydrogen) atoms. The molecule has 2 rings (SSSR count). The normalized spacial score (nSPS) is 11.6. The van der Waals surface area contributed by atoms with Crippen LogP contribution in [0.2, 0.25) is 0 Å². The van der Waals surface area contributed by atoms with Gasteiger partial charge >= 0.3 is 0 Å². The van der Waals surface area contributed by atoms with Crippen molar-refractivity contribution in [2.24, 2.45) is 0 Å². The van der Waals surface area contributed by atoms with Gasteiger partial charge in [0.05, 0.1) is 6.20 Å². The zero-order chi connectivity index (χ0) is 16.3. The van der Waals surface area contributed by atoms with Crippen LogP contribution in [0.5, 0.6) is 0 Å². The second-order valence-corrected chi connectivity index (χ2v) is 7.86. The largest absolute Gasteiger partial charge is 0.302 e. The predicted octanol–water partition coefficient (Wildman–Crippen LogP) is 2.06. The van der Waals surface area contributed by atoms with Crippen molar-refractivity contribution in [1.82, 2.24) is 9.29 Å². The van der Waals surface area contributed by atoms with Gasteiger partial charge in [-0.15, -0.1) is 0 Å².